The molecule has 1 aromatic carbocycles. The third kappa shape index (κ3) is 4.41. The van der Waals surface area contributed by atoms with E-state index >= 15 is 0 Å². The standard InChI is InChI=1S/C13H17F2NO2/c1-3-6-18-8-13(17)16-9(2)11-5-4-10(14)7-12(11)15/h4-5,7,9H,3,6,8H2,1-2H3,(H,16,17). The van der Waals surface area contributed by atoms with Crippen LogP contribution in [0.1, 0.15) is 31.9 Å². The van der Waals surface area contributed by atoms with Gasteiger partial charge in [0.25, 0.3) is 0 Å². The fourth-order valence-electron chi connectivity index (χ4n) is 1.52. The van der Waals surface area contributed by atoms with E-state index in [-0.39, 0.29) is 18.1 Å². The Balaban J connectivity index is 2.54. The zero-order valence-corrected chi connectivity index (χ0v) is 10.5. The molecular formula is C13H17F2NO2. The number of amides is 1. The third-order valence-corrected chi connectivity index (χ3v) is 2.39. The Labute approximate surface area is 105 Å². The maximum Gasteiger partial charge on any atom is 0.246 e. The Kier molecular flexibility index (Phi) is 5.71. The van der Waals surface area contributed by atoms with E-state index in [4.69, 9.17) is 4.74 Å². The summed E-state index contributed by atoms with van der Waals surface area (Å²) in [5, 5.41) is 2.59. The number of hydrogen-bond donors (Lipinski definition) is 1. The highest BCUT2D eigenvalue weighted by Crippen LogP contribution is 2.17. The van der Waals surface area contributed by atoms with Crippen molar-refractivity contribution in [3.05, 3.63) is 35.4 Å². The molecule has 3 nitrogen and oxygen atoms in total. The molecule has 0 spiro atoms. The van der Waals surface area contributed by atoms with Crippen LogP contribution in [0.3, 0.4) is 0 Å². The van der Waals surface area contributed by atoms with Crippen molar-refractivity contribution in [2.45, 2.75) is 26.3 Å². The van der Waals surface area contributed by atoms with Crippen LogP contribution in [0.15, 0.2) is 18.2 Å². The van der Waals surface area contributed by atoms with E-state index in [1.54, 1.807) is 6.92 Å². The van der Waals surface area contributed by atoms with Crippen LogP contribution >= 0.6 is 0 Å². The summed E-state index contributed by atoms with van der Waals surface area (Å²) >= 11 is 0. The molecule has 1 atom stereocenters. The number of nitrogens with one attached hydrogen (secondary N) is 1. The molecule has 0 aromatic heterocycles. The van der Waals surface area contributed by atoms with Crippen LogP contribution in [-0.4, -0.2) is 19.1 Å². The minimum absolute atomic E-state index is 0.0546. The molecule has 0 fully saturated rings. The first-order valence-electron chi connectivity index (χ1n) is 5.86. The molecule has 18 heavy (non-hydrogen) atoms. The second-order valence-electron chi connectivity index (χ2n) is 4.01. The molecular weight excluding hydrogens is 240 g/mol. The van der Waals surface area contributed by atoms with Crippen molar-refractivity contribution in [1.29, 1.82) is 0 Å². The number of carbonyl (C=O) groups excluding carboxylic acids is 1. The molecule has 1 rings (SSSR count). The Morgan fingerprint density at radius 3 is 2.78 bits per heavy atom. The van der Waals surface area contributed by atoms with Crippen LogP contribution in [0.5, 0.6) is 0 Å². The number of hydrogen-bond acceptors (Lipinski definition) is 2. The predicted octanol–water partition coefficient (Wildman–Crippen LogP) is 2.57. The fraction of sp³-hybridized carbons (Fsp3) is 0.462. The minimum Gasteiger partial charge on any atom is -0.372 e. The van der Waals surface area contributed by atoms with Gasteiger partial charge >= 0.3 is 0 Å². The summed E-state index contributed by atoms with van der Waals surface area (Å²) in [6.07, 6.45) is 0.829. The van der Waals surface area contributed by atoms with E-state index in [9.17, 15) is 13.6 Å². The Morgan fingerprint density at radius 1 is 1.44 bits per heavy atom. The average molecular weight is 257 g/mol. The van der Waals surface area contributed by atoms with Gasteiger partial charge < -0.3 is 10.1 Å². The average Bonchev–Trinajstić information content (AvgIpc) is 2.28. The monoisotopic (exact) mass is 257 g/mol. The maximum absolute atomic E-state index is 13.4. The highest BCUT2D eigenvalue weighted by Gasteiger charge is 2.14. The van der Waals surface area contributed by atoms with Gasteiger partial charge in [0, 0.05) is 18.2 Å². The largest absolute Gasteiger partial charge is 0.372 e. The van der Waals surface area contributed by atoms with Crippen molar-refractivity contribution in [1.82, 2.24) is 5.32 Å². The molecule has 100 valence electrons. The Bertz CT molecular complexity index is 410. The van der Waals surface area contributed by atoms with Gasteiger partial charge in [0.2, 0.25) is 5.91 Å². The number of benzene rings is 1. The second-order valence-corrected chi connectivity index (χ2v) is 4.01. The lowest BCUT2D eigenvalue weighted by molar-refractivity contribution is -0.126. The summed E-state index contributed by atoms with van der Waals surface area (Å²) in [5.41, 5.74) is 0.250. The van der Waals surface area contributed by atoms with Gasteiger partial charge in [0.15, 0.2) is 0 Å². The molecule has 1 aromatic rings. The van der Waals surface area contributed by atoms with Crippen molar-refractivity contribution < 1.29 is 18.3 Å². The zero-order valence-electron chi connectivity index (χ0n) is 10.5. The Morgan fingerprint density at radius 2 is 2.17 bits per heavy atom. The molecule has 0 saturated heterocycles. The second kappa shape index (κ2) is 7.06. The van der Waals surface area contributed by atoms with E-state index in [2.05, 4.69) is 5.32 Å². The molecule has 0 aliphatic heterocycles. The summed E-state index contributed by atoms with van der Waals surface area (Å²) in [7, 11) is 0. The van der Waals surface area contributed by atoms with E-state index in [0.29, 0.717) is 6.61 Å². The molecule has 0 aliphatic carbocycles. The van der Waals surface area contributed by atoms with Crippen LogP contribution in [0.4, 0.5) is 8.78 Å². The van der Waals surface area contributed by atoms with Crippen molar-refractivity contribution in [3.63, 3.8) is 0 Å². The van der Waals surface area contributed by atoms with Gasteiger partial charge in [-0.2, -0.15) is 0 Å². The Hall–Kier alpha value is -1.49. The highest BCUT2D eigenvalue weighted by atomic mass is 19.1. The van der Waals surface area contributed by atoms with Crippen molar-refractivity contribution >= 4 is 5.91 Å². The molecule has 0 radical (unpaired) electrons. The molecule has 0 saturated carbocycles. The van der Waals surface area contributed by atoms with Gasteiger partial charge in [-0.25, -0.2) is 8.78 Å². The molecule has 1 amide bonds. The first-order valence-corrected chi connectivity index (χ1v) is 5.86. The van der Waals surface area contributed by atoms with Gasteiger partial charge in [-0.3, -0.25) is 4.79 Å². The lowest BCUT2D eigenvalue weighted by Crippen LogP contribution is -2.30. The highest BCUT2D eigenvalue weighted by molar-refractivity contribution is 5.77. The summed E-state index contributed by atoms with van der Waals surface area (Å²) in [6, 6.07) is 2.76. The number of rotatable bonds is 6. The van der Waals surface area contributed by atoms with E-state index in [1.165, 1.54) is 6.07 Å². The number of halogens is 2. The van der Waals surface area contributed by atoms with Crippen molar-refractivity contribution in [2.75, 3.05) is 13.2 Å². The first kappa shape index (κ1) is 14.6. The summed E-state index contributed by atoms with van der Waals surface area (Å²) in [4.78, 5) is 11.4. The number of carbonyl (C=O) groups is 1. The molecule has 1 N–H and O–H groups in total. The lowest BCUT2D eigenvalue weighted by Gasteiger charge is -2.15. The quantitative estimate of drug-likeness (QED) is 0.795. The predicted molar refractivity (Wildman–Crippen MR) is 64.0 cm³/mol. The van der Waals surface area contributed by atoms with Crippen molar-refractivity contribution in [2.24, 2.45) is 0 Å². The van der Waals surface area contributed by atoms with Gasteiger partial charge in [0.1, 0.15) is 18.2 Å². The van der Waals surface area contributed by atoms with Gasteiger partial charge in [-0.15, -0.1) is 0 Å². The van der Waals surface area contributed by atoms with Crippen LogP contribution in [0.2, 0.25) is 0 Å². The minimum atomic E-state index is -0.669. The first-order chi connectivity index (χ1) is 8.54. The van der Waals surface area contributed by atoms with E-state index < -0.39 is 17.7 Å². The van der Waals surface area contributed by atoms with E-state index in [1.807, 2.05) is 6.92 Å². The molecule has 0 bridgehead atoms. The van der Waals surface area contributed by atoms with Gasteiger partial charge in [-0.05, 0) is 19.4 Å². The van der Waals surface area contributed by atoms with E-state index in [0.717, 1.165) is 18.6 Å². The zero-order chi connectivity index (χ0) is 13.5. The van der Waals surface area contributed by atoms with Crippen LogP contribution < -0.4 is 5.32 Å². The SMILES string of the molecule is CCCOCC(=O)NC(C)c1ccc(F)cc1F. The smallest absolute Gasteiger partial charge is 0.246 e. The topological polar surface area (TPSA) is 38.3 Å². The molecule has 0 aliphatic rings. The molecule has 5 heteroatoms. The van der Waals surface area contributed by atoms with Gasteiger partial charge in [0.05, 0.1) is 6.04 Å². The van der Waals surface area contributed by atoms with Gasteiger partial charge in [-0.1, -0.05) is 13.0 Å². The third-order valence-electron chi connectivity index (χ3n) is 2.39. The van der Waals surface area contributed by atoms with Crippen molar-refractivity contribution in [3.8, 4) is 0 Å². The molecule has 1 unspecified atom stereocenters. The lowest BCUT2D eigenvalue weighted by atomic mass is 10.1. The summed E-state index contributed by atoms with van der Waals surface area (Å²) in [6.45, 7) is 4.02. The van der Waals surface area contributed by atoms with Crippen LogP contribution in [0, 0.1) is 11.6 Å². The molecule has 0 heterocycles. The summed E-state index contributed by atoms with van der Waals surface area (Å²) in [5.74, 6) is -1.63. The van der Waals surface area contributed by atoms with Crippen LogP contribution in [-0.2, 0) is 9.53 Å². The normalized spacial score (nSPS) is 12.2. The maximum atomic E-state index is 13.4. The fourth-order valence-corrected chi connectivity index (χ4v) is 1.52. The van der Waals surface area contributed by atoms with Crippen LogP contribution in [0.25, 0.3) is 0 Å². The summed E-state index contributed by atoms with van der Waals surface area (Å²) < 4.78 is 31.2. The number of ether oxygens (including phenoxy) is 1.